The molecule has 1 aliphatic carbocycles. The fourth-order valence-corrected chi connectivity index (χ4v) is 3.07. The average Bonchev–Trinajstić information content (AvgIpc) is 2.74. The summed E-state index contributed by atoms with van der Waals surface area (Å²) in [6, 6.07) is 11.0. The van der Waals surface area contributed by atoms with Gasteiger partial charge in [0.2, 0.25) is 0 Å². The molecule has 1 heterocycles. The van der Waals surface area contributed by atoms with Crippen LogP contribution in [0.15, 0.2) is 36.7 Å². The van der Waals surface area contributed by atoms with E-state index in [1.165, 1.54) is 36.1 Å². The van der Waals surface area contributed by atoms with E-state index < -0.39 is 0 Å². The van der Waals surface area contributed by atoms with Gasteiger partial charge < -0.3 is 5.32 Å². The van der Waals surface area contributed by atoms with Crippen LogP contribution in [0, 0.1) is 0 Å². The summed E-state index contributed by atoms with van der Waals surface area (Å²) in [4.78, 5) is 8.97. The molecule has 1 N–H and O–H groups in total. The zero-order valence-electron chi connectivity index (χ0n) is 12.7. The van der Waals surface area contributed by atoms with E-state index in [0.29, 0.717) is 6.04 Å². The monoisotopic (exact) mass is 281 g/mol. The fourth-order valence-electron chi connectivity index (χ4n) is 3.07. The van der Waals surface area contributed by atoms with Crippen molar-refractivity contribution in [1.82, 2.24) is 9.97 Å². The summed E-state index contributed by atoms with van der Waals surface area (Å²) >= 11 is 0. The summed E-state index contributed by atoms with van der Waals surface area (Å²) < 4.78 is 0. The summed E-state index contributed by atoms with van der Waals surface area (Å²) in [6.45, 7) is 2.22. The summed E-state index contributed by atoms with van der Waals surface area (Å²) in [7, 11) is 0. The van der Waals surface area contributed by atoms with Crippen molar-refractivity contribution < 1.29 is 0 Å². The Bertz CT molecular complexity index is 580. The van der Waals surface area contributed by atoms with Crippen LogP contribution < -0.4 is 5.32 Å². The van der Waals surface area contributed by atoms with Gasteiger partial charge in [0.05, 0.1) is 0 Å². The van der Waals surface area contributed by atoms with Gasteiger partial charge in [-0.15, -0.1) is 0 Å². The molecule has 1 aromatic heterocycles. The number of aryl methyl sites for hydroxylation is 1. The van der Waals surface area contributed by atoms with Gasteiger partial charge in [0.15, 0.2) is 0 Å². The largest absolute Gasteiger partial charge is 0.367 e. The van der Waals surface area contributed by atoms with Crippen LogP contribution in [-0.4, -0.2) is 16.0 Å². The highest BCUT2D eigenvalue weighted by Gasteiger charge is 2.15. The predicted octanol–water partition coefficient (Wildman–Crippen LogP) is 3.79. The topological polar surface area (TPSA) is 37.8 Å². The maximum Gasteiger partial charge on any atom is 0.133 e. The predicted molar refractivity (Wildman–Crippen MR) is 86.5 cm³/mol. The van der Waals surface area contributed by atoms with Gasteiger partial charge in [-0.25, -0.2) is 9.97 Å². The Morgan fingerprint density at radius 1 is 1.05 bits per heavy atom. The van der Waals surface area contributed by atoms with Crippen LogP contribution in [0.5, 0.6) is 0 Å². The molecule has 3 heteroatoms. The minimum absolute atomic E-state index is 0.370. The lowest BCUT2D eigenvalue weighted by Crippen LogP contribution is -2.20. The van der Waals surface area contributed by atoms with E-state index in [9.17, 15) is 0 Å². The van der Waals surface area contributed by atoms with Crippen molar-refractivity contribution in [2.75, 3.05) is 5.32 Å². The smallest absolute Gasteiger partial charge is 0.133 e. The molecule has 3 nitrogen and oxygen atoms in total. The lowest BCUT2D eigenvalue weighted by molar-refractivity contribution is 0.708. The molecule has 1 unspecified atom stereocenters. The first kappa shape index (κ1) is 14.1. The highest BCUT2D eigenvalue weighted by Crippen LogP contribution is 2.24. The third-order valence-electron chi connectivity index (χ3n) is 4.14. The van der Waals surface area contributed by atoms with Crippen molar-refractivity contribution in [1.29, 1.82) is 0 Å². The van der Waals surface area contributed by atoms with Gasteiger partial charge >= 0.3 is 0 Å². The zero-order valence-corrected chi connectivity index (χ0v) is 12.7. The molecule has 3 rings (SSSR count). The third kappa shape index (κ3) is 3.60. The summed E-state index contributed by atoms with van der Waals surface area (Å²) in [5.41, 5.74) is 3.95. The van der Waals surface area contributed by atoms with Crippen LogP contribution in [-0.2, 0) is 19.3 Å². The van der Waals surface area contributed by atoms with E-state index in [0.717, 1.165) is 25.1 Å². The normalized spacial score (nSPS) is 15.9. The van der Waals surface area contributed by atoms with E-state index in [1.807, 2.05) is 0 Å². The van der Waals surface area contributed by atoms with Crippen LogP contribution in [0.3, 0.4) is 0 Å². The summed E-state index contributed by atoms with van der Waals surface area (Å²) in [5, 5.41) is 3.60. The van der Waals surface area contributed by atoms with E-state index >= 15 is 0 Å². The number of rotatable bonds is 4. The molecule has 0 saturated heterocycles. The Kier molecular flexibility index (Phi) is 4.49. The lowest BCUT2D eigenvalue weighted by atomic mass is 10.1. The van der Waals surface area contributed by atoms with Gasteiger partial charge in [-0.3, -0.25) is 0 Å². The SMILES string of the molecule is CC(Cc1ccccc1)Nc1ncnc2c1CCCCC2. The Morgan fingerprint density at radius 2 is 1.86 bits per heavy atom. The second-order valence-electron chi connectivity index (χ2n) is 5.94. The minimum Gasteiger partial charge on any atom is -0.367 e. The van der Waals surface area contributed by atoms with E-state index in [-0.39, 0.29) is 0 Å². The van der Waals surface area contributed by atoms with Gasteiger partial charge in [0, 0.05) is 17.3 Å². The van der Waals surface area contributed by atoms with Crippen molar-refractivity contribution >= 4 is 5.82 Å². The number of nitrogens with zero attached hydrogens (tertiary/aromatic N) is 2. The Morgan fingerprint density at radius 3 is 2.71 bits per heavy atom. The van der Waals surface area contributed by atoms with Gasteiger partial charge in [-0.05, 0) is 44.6 Å². The van der Waals surface area contributed by atoms with E-state index in [4.69, 9.17) is 0 Å². The van der Waals surface area contributed by atoms with Crippen LogP contribution in [0.2, 0.25) is 0 Å². The second-order valence-corrected chi connectivity index (χ2v) is 5.94. The van der Waals surface area contributed by atoms with Gasteiger partial charge in [0.25, 0.3) is 0 Å². The van der Waals surface area contributed by atoms with Gasteiger partial charge in [0.1, 0.15) is 12.1 Å². The standard InChI is InChI=1S/C18H23N3/c1-14(12-15-8-4-2-5-9-15)21-18-16-10-6-3-7-11-17(16)19-13-20-18/h2,4-5,8-9,13-14H,3,6-7,10-12H2,1H3,(H,19,20,21). The molecule has 0 amide bonds. The number of fused-ring (bicyclic) bond motifs is 1. The average molecular weight is 281 g/mol. The first-order chi connectivity index (χ1) is 10.3. The Hall–Kier alpha value is -1.90. The van der Waals surface area contributed by atoms with Crippen molar-refractivity contribution in [3.8, 4) is 0 Å². The molecular weight excluding hydrogens is 258 g/mol. The second kappa shape index (κ2) is 6.70. The molecule has 0 bridgehead atoms. The van der Waals surface area contributed by atoms with Crippen molar-refractivity contribution in [3.05, 3.63) is 53.5 Å². The zero-order chi connectivity index (χ0) is 14.5. The van der Waals surface area contributed by atoms with Crippen LogP contribution in [0.1, 0.15) is 43.0 Å². The molecule has 110 valence electrons. The van der Waals surface area contributed by atoms with E-state index in [1.54, 1.807) is 6.33 Å². The number of anilines is 1. The molecule has 1 aliphatic rings. The maximum atomic E-state index is 4.49. The van der Waals surface area contributed by atoms with Crippen LogP contribution in [0.4, 0.5) is 5.82 Å². The highest BCUT2D eigenvalue weighted by molar-refractivity contribution is 5.47. The molecule has 0 radical (unpaired) electrons. The molecule has 21 heavy (non-hydrogen) atoms. The lowest BCUT2D eigenvalue weighted by Gasteiger charge is -2.18. The van der Waals surface area contributed by atoms with Crippen molar-refractivity contribution in [2.45, 2.75) is 51.5 Å². The van der Waals surface area contributed by atoms with Crippen molar-refractivity contribution in [2.24, 2.45) is 0 Å². The molecule has 0 aliphatic heterocycles. The van der Waals surface area contributed by atoms with Crippen LogP contribution >= 0.6 is 0 Å². The molecular formula is C18H23N3. The maximum absolute atomic E-state index is 4.49. The number of nitrogens with one attached hydrogen (secondary N) is 1. The molecule has 1 aromatic carbocycles. The summed E-state index contributed by atoms with van der Waals surface area (Å²) in [6.07, 6.45) is 8.73. The van der Waals surface area contributed by atoms with Crippen LogP contribution in [0.25, 0.3) is 0 Å². The number of hydrogen-bond acceptors (Lipinski definition) is 3. The number of hydrogen-bond donors (Lipinski definition) is 1. The van der Waals surface area contributed by atoms with Gasteiger partial charge in [-0.1, -0.05) is 36.8 Å². The molecule has 1 atom stereocenters. The molecule has 0 saturated carbocycles. The quantitative estimate of drug-likeness (QED) is 0.866. The first-order valence-electron chi connectivity index (χ1n) is 7.96. The fraction of sp³-hybridized carbons (Fsp3) is 0.444. The summed E-state index contributed by atoms with van der Waals surface area (Å²) in [5.74, 6) is 1.05. The van der Waals surface area contributed by atoms with Crippen molar-refractivity contribution in [3.63, 3.8) is 0 Å². The minimum atomic E-state index is 0.370. The number of aromatic nitrogens is 2. The Balaban J connectivity index is 1.72. The Labute approximate surface area is 126 Å². The molecule has 0 fully saturated rings. The van der Waals surface area contributed by atoms with E-state index in [2.05, 4.69) is 52.5 Å². The highest BCUT2D eigenvalue weighted by atomic mass is 15.0. The third-order valence-corrected chi connectivity index (χ3v) is 4.14. The molecule has 0 spiro atoms. The molecule has 2 aromatic rings. The number of benzene rings is 1. The van der Waals surface area contributed by atoms with Gasteiger partial charge in [-0.2, -0.15) is 0 Å². The first-order valence-corrected chi connectivity index (χ1v) is 7.96.